The lowest BCUT2D eigenvalue weighted by Gasteiger charge is -2.38. The summed E-state index contributed by atoms with van der Waals surface area (Å²) < 4.78 is 44.8. The van der Waals surface area contributed by atoms with E-state index in [4.69, 9.17) is 4.74 Å². The van der Waals surface area contributed by atoms with Gasteiger partial charge in [-0.1, -0.05) is 24.3 Å². The fourth-order valence-electron chi connectivity index (χ4n) is 3.22. The van der Waals surface area contributed by atoms with Crippen LogP contribution in [0.1, 0.15) is 37.0 Å². The molecule has 1 nitrogen and oxygen atoms in total. The van der Waals surface area contributed by atoms with Crippen LogP contribution in [0, 0.1) is 0 Å². The average molecular weight is 399 g/mol. The molecular weight excluding hydrogens is 377 g/mol. The monoisotopic (exact) mass is 398 g/mol. The molecule has 26 heavy (non-hydrogen) atoms. The number of benzene rings is 2. The minimum Gasteiger partial charge on any atom is -0.373 e. The standard InChI is InChI=1S/C20H21F3OS2/c1-19(26-15-7-5-6-14(12-15)20(21,22)23)10-11-24-17(13-19)16-8-3-4-9-18(16)25-2/h3-9,12,17H,10-11,13H2,1-2H3. The van der Waals surface area contributed by atoms with Gasteiger partial charge in [0.1, 0.15) is 0 Å². The topological polar surface area (TPSA) is 9.23 Å². The molecule has 0 bridgehead atoms. The van der Waals surface area contributed by atoms with E-state index in [1.165, 1.54) is 28.8 Å². The Morgan fingerprint density at radius 1 is 1.12 bits per heavy atom. The van der Waals surface area contributed by atoms with Crippen LogP contribution < -0.4 is 0 Å². The highest BCUT2D eigenvalue weighted by molar-refractivity contribution is 8.00. The number of alkyl halides is 3. The third-order valence-corrected chi connectivity index (χ3v) is 6.74. The molecule has 0 radical (unpaired) electrons. The molecule has 2 aromatic rings. The number of hydrogen-bond donors (Lipinski definition) is 0. The second-order valence-corrected chi connectivity index (χ2v) is 9.14. The number of ether oxygens (including phenoxy) is 1. The number of thioether (sulfide) groups is 2. The molecule has 0 amide bonds. The Morgan fingerprint density at radius 3 is 2.62 bits per heavy atom. The molecule has 2 unspecified atom stereocenters. The fourth-order valence-corrected chi connectivity index (χ4v) is 5.19. The number of rotatable bonds is 4. The maximum atomic E-state index is 13.0. The molecule has 1 heterocycles. The van der Waals surface area contributed by atoms with Crippen molar-refractivity contribution < 1.29 is 17.9 Å². The first-order valence-electron chi connectivity index (χ1n) is 8.41. The van der Waals surface area contributed by atoms with Gasteiger partial charge in [-0.15, -0.1) is 23.5 Å². The zero-order valence-corrected chi connectivity index (χ0v) is 16.3. The summed E-state index contributed by atoms with van der Waals surface area (Å²) in [5.74, 6) is 0. The van der Waals surface area contributed by atoms with Gasteiger partial charge in [-0.25, -0.2) is 0 Å². The molecule has 1 saturated heterocycles. The van der Waals surface area contributed by atoms with Gasteiger partial charge >= 0.3 is 6.18 Å². The predicted molar refractivity (Wildman–Crippen MR) is 102 cm³/mol. The normalized spacial score (nSPS) is 23.8. The van der Waals surface area contributed by atoms with Crippen molar-refractivity contribution in [2.75, 3.05) is 12.9 Å². The molecule has 1 fully saturated rings. The van der Waals surface area contributed by atoms with Crippen LogP contribution in [-0.2, 0) is 10.9 Å². The van der Waals surface area contributed by atoms with Gasteiger partial charge in [0.25, 0.3) is 0 Å². The first-order chi connectivity index (χ1) is 12.3. The highest BCUT2D eigenvalue weighted by atomic mass is 32.2. The van der Waals surface area contributed by atoms with Crippen LogP contribution in [0.5, 0.6) is 0 Å². The van der Waals surface area contributed by atoms with E-state index in [9.17, 15) is 13.2 Å². The second-order valence-electron chi connectivity index (χ2n) is 6.63. The first kappa shape index (κ1) is 19.6. The molecule has 0 saturated carbocycles. The van der Waals surface area contributed by atoms with Crippen LogP contribution in [0.3, 0.4) is 0 Å². The maximum absolute atomic E-state index is 13.0. The van der Waals surface area contributed by atoms with Gasteiger partial charge in [0.2, 0.25) is 0 Å². The van der Waals surface area contributed by atoms with E-state index in [-0.39, 0.29) is 10.9 Å². The van der Waals surface area contributed by atoms with Crippen molar-refractivity contribution in [2.24, 2.45) is 0 Å². The second kappa shape index (κ2) is 7.87. The van der Waals surface area contributed by atoms with Crippen molar-refractivity contribution >= 4 is 23.5 Å². The molecule has 2 atom stereocenters. The zero-order valence-electron chi connectivity index (χ0n) is 14.7. The molecule has 0 N–H and O–H groups in total. The largest absolute Gasteiger partial charge is 0.416 e. The van der Waals surface area contributed by atoms with Crippen molar-refractivity contribution in [3.8, 4) is 0 Å². The highest BCUT2D eigenvalue weighted by Crippen LogP contribution is 2.47. The van der Waals surface area contributed by atoms with E-state index in [0.717, 1.165) is 24.5 Å². The maximum Gasteiger partial charge on any atom is 0.416 e. The van der Waals surface area contributed by atoms with Crippen LogP contribution in [0.15, 0.2) is 58.3 Å². The Morgan fingerprint density at radius 2 is 1.88 bits per heavy atom. The van der Waals surface area contributed by atoms with Crippen LogP contribution in [0.2, 0.25) is 0 Å². The Kier molecular flexibility index (Phi) is 5.94. The van der Waals surface area contributed by atoms with Crippen molar-refractivity contribution in [3.63, 3.8) is 0 Å². The minimum absolute atomic E-state index is 0.0318. The van der Waals surface area contributed by atoms with E-state index in [1.54, 1.807) is 17.8 Å². The van der Waals surface area contributed by atoms with Gasteiger partial charge in [-0.2, -0.15) is 13.2 Å². The summed E-state index contributed by atoms with van der Waals surface area (Å²) in [4.78, 5) is 1.84. The highest BCUT2D eigenvalue weighted by Gasteiger charge is 2.36. The average Bonchev–Trinajstić information content (AvgIpc) is 2.61. The summed E-state index contributed by atoms with van der Waals surface area (Å²) in [6.45, 7) is 2.73. The molecule has 1 aliphatic rings. The van der Waals surface area contributed by atoms with Crippen LogP contribution in [0.25, 0.3) is 0 Å². The van der Waals surface area contributed by atoms with Crippen molar-refractivity contribution in [3.05, 3.63) is 59.7 Å². The van der Waals surface area contributed by atoms with E-state index in [1.807, 2.05) is 18.4 Å². The molecule has 140 valence electrons. The smallest absolute Gasteiger partial charge is 0.373 e. The summed E-state index contributed by atoms with van der Waals surface area (Å²) in [5, 5.41) is 0. The lowest BCUT2D eigenvalue weighted by molar-refractivity contribution is -0.137. The molecule has 0 spiro atoms. The first-order valence-corrected chi connectivity index (χ1v) is 10.5. The van der Waals surface area contributed by atoms with Gasteiger partial charge in [0.05, 0.1) is 11.7 Å². The lowest BCUT2D eigenvalue weighted by atomic mass is 9.92. The zero-order chi connectivity index (χ0) is 18.8. The molecule has 3 rings (SSSR count). The van der Waals surface area contributed by atoms with E-state index in [2.05, 4.69) is 19.1 Å². The Bertz CT molecular complexity index is 763. The molecule has 2 aromatic carbocycles. The van der Waals surface area contributed by atoms with Gasteiger partial charge in [-0.05, 0) is 55.9 Å². The summed E-state index contributed by atoms with van der Waals surface area (Å²) in [6.07, 6.45) is -0.724. The lowest BCUT2D eigenvalue weighted by Crippen LogP contribution is -2.32. The molecule has 0 aliphatic carbocycles. The molecule has 6 heteroatoms. The molecular formula is C20H21F3OS2. The summed E-state index contributed by atoms with van der Waals surface area (Å²) in [7, 11) is 0. The fraction of sp³-hybridized carbons (Fsp3) is 0.400. The van der Waals surface area contributed by atoms with E-state index >= 15 is 0 Å². The Hall–Kier alpha value is -1.11. The Balaban J connectivity index is 1.80. The van der Waals surface area contributed by atoms with Gasteiger partial charge < -0.3 is 4.74 Å². The summed E-state index contributed by atoms with van der Waals surface area (Å²) in [6, 6.07) is 13.8. The van der Waals surface area contributed by atoms with Crippen molar-refractivity contribution in [2.45, 2.75) is 46.6 Å². The van der Waals surface area contributed by atoms with Gasteiger partial charge in [0, 0.05) is 21.1 Å². The molecule has 0 aromatic heterocycles. The minimum atomic E-state index is -4.31. The summed E-state index contributed by atoms with van der Waals surface area (Å²) >= 11 is 3.21. The van der Waals surface area contributed by atoms with Crippen molar-refractivity contribution in [1.82, 2.24) is 0 Å². The van der Waals surface area contributed by atoms with Crippen LogP contribution in [0.4, 0.5) is 13.2 Å². The van der Waals surface area contributed by atoms with Gasteiger partial charge in [-0.3, -0.25) is 0 Å². The number of halogens is 3. The SMILES string of the molecule is CSc1ccccc1C1CC(C)(Sc2cccc(C(F)(F)F)c2)CCO1. The third-order valence-electron chi connectivity index (χ3n) is 4.58. The quantitative estimate of drug-likeness (QED) is 0.522. The Labute approximate surface area is 160 Å². The van der Waals surface area contributed by atoms with Crippen molar-refractivity contribution in [1.29, 1.82) is 0 Å². The van der Waals surface area contributed by atoms with E-state index < -0.39 is 11.7 Å². The molecule has 1 aliphatic heterocycles. The van der Waals surface area contributed by atoms with Crippen LogP contribution >= 0.6 is 23.5 Å². The van der Waals surface area contributed by atoms with Gasteiger partial charge in [0.15, 0.2) is 0 Å². The van der Waals surface area contributed by atoms with Crippen LogP contribution in [-0.4, -0.2) is 17.6 Å². The third kappa shape index (κ3) is 4.59. The van der Waals surface area contributed by atoms with E-state index in [0.29, 0.717) is 11.5 Å². The number of hydrogen-bond acceptors (Lipinski definition) is 3. The predicted octanol–water partition coefficient (Wildman–Crippen LogP) is 6.83. The summed E-state index contributed by atoms with van der Waals surface area (Å²) in [5.41, 5.74) is 0.568.